The third-order valence-corrected chi connectivity index (χ3v) is 4.04. The van der Waals surface area contributed by atoms with E-state index in [1.54, 1.807) is 12.4 Å². The molecule has 0 aliphatic rings. The molecule has 24 heavy (non-hydrogen) atoms. The summed E-state index contributed by atoms with van der Waals surface area (Å²) in [7, 11) is 0. The van der Waals surface area contributed by atoms with Crippen LogP contribution in [0.4, 0.5) is 5.69 Å². The summed E-state index contributed by atoms with van der Waals surface area (Å²) in [5, 5.41) is 5.98. The normalized spacial score (nSPS) is 10.5. The van der Waals surface area contributed by atoms with Gasteiger partial charge in [-0.05, 0) is 36.5 Å². The molecule has 4 nitrogen and oxygen atoms in total. The highest BCUT2D eigenvalue weighted by atomic mass is 32.1. The lowest BCUT2D eigenvalue weighted by atomic mass is 10.1. The number of anilines is 1. The molecule has 0 fully saturated rings. The molecule has 0 radical (unpaired) electrons. The first-order valence-electron chi connectivity index (χ1n) is 7.64. The number of hydrogen-bond acceptors (Lipinski definition) is 3. The topological polar surface area (TPSA) is 41.0 Å². The lowest BCUT2D eigenvalue weighted by Gasteiger charge is -2.23. The number of benzene rings is 1. The third-order valence-electron chi connectivity index (χ3n) is 3.68. The second-order valence-corrected chi connectivity index (χ2v) is 5.70. The zero-order valence-corrected chi connectivity index (χ0v) is 14.1. The fourth-order valence-corrected chi connectivity index (χ4v) is 2.89. The van der Waals surface area contributed by atoms with Crippen LogP contribution in [0, 0.1) is 0 Å². The highest BCUT2D eigenvalue weighted by Gasteiger charge is 2.12. The maximum absolute atomic E-state index is 5.55. The number of pyridine rings is 2. The number of rotatable bonds is 5. The average Bonchev–Trinajstić information content (AvgIpc) is 2.61. The maximum atomic E-state index is 5.55. The predicted molar refractivity (Wildman–Crippen MR) is 105 cm³/mol. The largest absolute Gasteiger partial charge is 0.342 e. The third kappa shape index (κ3) is 3.12. The lowest BCUT2D eigenvalue weighted by molar-refractivity contribution is 0.522. The minimum atomic E-state index is 0.616. The molecule has 1 aromatic carbocycles. The number of nitrogens with zero attached hydrogens (tertiary/aromatic N) is 3. The van der Waals surface area contributed by atoms with Crippen LogP contribution < -0.4 is 5.32 Å². The summed E-state index contributed by atoms with van der Waals surface area (Å²) in [5.41, 5.74) is 2.66. The van der Waals surface area contributed by atoms with Gasteiger partial charge in [0.15, 0.2) is 5.11 Å². The van der Waals surface area contributed by atoms with Gasteiger partial charge in [-0.25, -0.2) is 0 Å². The number of aromatic nitrogens is 2. The van der Waals surface area contributed by atoms with Crippen molar-refractivity contribution in [2.45, 2.75) is 0 Å². The summed E-state index contributed by atoms with van der Waals surface area (Å²) in [6, 6.07) is 9.93. The number of thiocarbonyl (C=S) groups is 1. The Bertz CT molecular complexity index is 910. The van der Waals surface area contributed by atoms with Crippen molar-refractivity contribution in [2.24, 2.45) is 0 Å². The molecular weight excluding hydrogens is 316 g/mol. The Kier molecular flexibility index (Phi) is 4.82. The molecule has 0 saturated heterocycles. The van der Waals surface area contributed by atoms with Crippen LogP contribution in [-0.2, 0) is 0 Å². The van der Waals surface area contributed by atoms with Gasteiger partial charge < -0.3 is 10.2 Å². The number of hydrogen-bond donors (Lipinski definition) is 1. The van der Waals surface area contributed by atoms with Gasteiger partial charge >= 0.3 is 0 Å². The molecular formula is C19H18N4S. The van der Waals surface area contributed by atoms with Crippen LogP contribution >= 0.6 is 12.2 Å². The summed E-state index contributed by atoms with van der Waals surface area (Å²) in [5.74, 6) is 0. The average molecular weight is 334 g/mol. The molecule has 2 heterocycles. The van der Waals surface area contributed by atoms with E-state index >= 15 is 0 Å². The molecule has 0 saturated carbocycles. The van der Waals surface area contributed by atoms with Crippen LogP contribution in [-0.4, -0.2) is 33.1 Å². The van der Waals surface area contributed by atoms with Crippen molar-refractivity contribution in [1.29, 1.82) is 0 Å². The van der Waals surface area contributed by atoms with Gasteiger partial charge in [-0.2, -0.15) is 0 Å². The first-order chi connectivity index (χ1) is 11.7. The van der Waals surface area contributed by atoms with Crippen molar-refractivity contribution in [3.8, 4) is 0 Å². The van der Waals surface area contributed by atoms with Crippen molar-refractivity contribution in [2.75, 3.05) is 18.4 Å². The summed E-state index contributed by atoms with van der Waals surface area (Å²) < 4.78 is 0. The van der Waals surface area contributed by atoms with E-state index in [1.807, 2.05) is 47.4 Å². The van der Waals surface area contributed by atoms with Gasteiger partial charge in [0.1, 0.15) is 0 Å². The SMILES string of the molecule is C=CCN(CC=C)C(=S)Nc1cc2cccnc2c2cccnc12. The molecule has 0 spiro atoms. The first-order valence-corrected chi connectivity index (χ1v) is 8.05. The first kappa shape index (κ1) is 16.1. The molecule has 0 unspecified atom stereocenters. The molecule has 0 bridgehead atoms. The number of nitrogens with one attached hydrogen (secondary N) is 1. The van der Waals surface area contributed by atoms with Gasteiger partial charge in [0, 0.05) is 36.3 Å². The summed E-state index contributed by atoms with van der Waals surface area (Å²) in [6.07, 6.45) is 7.20. The predicted octanol–water partition coefficient (Wildman–Crippen LogP) is 4.15. The van der Waals surface area contributed by atoms with Crippen LogP contribution in [0.25, 0.3) is 21.8 Å². The van der Waals surface area contributed by atoms with Crippen LogP contribution in [0.15, 0.2) is 68.0 Å². The van der Waals surface area contributed by atoms with E-state index in [0.717, 1.165) is 27.5 Å². The van der Waals surface area contributed by atoms with Crippen molar-refractivity contribution in [3.63, 3.8) is 0 Å². The van der Waals surface area contributed by atoms with E-state index in [1.165, 1.54) is 0 Å². The molecule has 0 aliphatic heterocycles. The maximum Gasteiger partial charge on any atom is 0.174 e. The Hall–Kier alpha value is -2.79. The molecule has 120 valence electrons. The summed E-state index contributed by atoms with van der Waals surface area (Å²) >= 11 is 5.55. The summed E-state index contributed by atoms with van der Waals surface area (Å²) in [4.78, 5) is 11.0. The van der Waals surface area contributed by atoms with Gasteiger partial charge in [-0.1, -0.05) is 18.2 Å². The fraction of sp³-hybridized carbons (Fsp3) is 0.105. The minimum Gasteiger partial charge on any atom is -0.342 e. The van der Waals surface area contributed by atoms with Crippen molar-refractivity contribution in [3.05, 3.63) is 68.0 Å². The molecule has 2 aromatic heterocycles. The smallest absolute Gasteiger partial charge is 0.174 e. The van der Waals surface area contributed by atoms with E-state index in [9.17, 15) is 0 Å². The zero-order chi connectivity index (χ0) is 16.9. The number of fused-ring (bicyclic) bond motifs is 3. The van der Waals surface area contributed by atoms with E-state index in [4.69, 9.17) is 12.2 Å². The van der Waals surface area contributed by atoms with Crippen LogP contribution in [0.3, 0.4) is 0 Å². The molecule has 3 rings (SSSR count). The Balaban J connectivity index is 2.06. The monoisotopic (exact) mass is 334 g/mol. The Morgan fingerprint density at radius 2 is 1.75 bits per heavy atom. The van der Waals surface area contributed by atoms with Gasteiger partial charge in [0.2, 0.25) is 0 Å². The second-order valence-electron chi connectivity index (χ2n) is 5.31. The van der Waals surface area contributed by atoms with Gasteiger partial charge in [-0.3, -0.25) is 9.97 Å². The van der Waals surface area contributed by atoms with E-state index < -0.39 is 0 Å². The highest BCUT2D eigenvalue weighted by Crippen LogP contribution is 2.29. The quantitative estimate of drug-likeness (QED) is 0.431. The lowest BCUT2D eigenvalue weighted by Crippen LogP contribution is -2.35. The zero-order valence-electron chi connectivity index (χ0n) is 13.3. The molecule has 0 amide bonds. The van der Waals surface area contributed by atoms with Crippen LogP contribution in [0.5, 0.6) is 0 Å². The van der Waals surface area contributed by atoms with E-state index in [0.29, 0.717) is 18.2 Å². The highest BCUT2D eigenvalue weighted by molar-refractivity contribution is 7.80. The van der Waals surface area contributed by atoms with E-state index in [2.05, 4.69) is 28.4 Å². The molecule has 0 atom stereocenters. The van der Waals surface area contributed by atoms with Crippen molar-refractivity contribution >= 4 is 44.8 Å². The van der Waals surface area contributed by atoms with Gasteiger partial charge in [0.25, 0.3) is 0 Å². The summed E-state index contributed by atoms with van der Waals surface area (Å²) in [6.45, 7) is 8.86. The van der Waals surface area contributed by atoms with Crippen molar-refractivity contribution < 1.29 is 0 Å². The molecule has 3 aromatic rings. The molecule has 5 heteroatoms. The van der Waals surface area contributed by atoms with Crippen LogP contribution in [0.1, 0.15) is 0 Å². The fourth-order valence-electron chi connectivity index (χ4n) is 2.64. The van der Waals surface area contributed by atoms with Crippen molar-refractivity contribution in [1.82, 2.24) is 14.9 Å². The Morgan fingerprint density at radius 3 is 2.46 bits per heavy atom. The van der Waals surface area contributed by atoms with Gasteiger partial charge in [-0.15, -0.1) is 13.2 Å². The second kappa shape index (κ2) is 7.19. The van der Waals surface area contributed by atoms with Gasteiger partial charge in [0.05, 0.1) is 16.7 Å². The molecule has 1 N–H and O–H groups in total. The Morgan fingerprint density at radius 1 is 1.08 bits per heavy atom. The molecule has 0 aliphatic carbocycles. The van der Waals surface area contributed by atoms with Crippen LogP contribution in [0.2, 0.25) is 0 Å². The Labute approximate surface area is 146 Å². The minimum absolute atomic E-state index is 0.616. The standard InChI is InChI=1S/C19H18N4S/c1-3-11-23(12-4-2)19(24)22-16-13-14-7-5-9-20-17(14)15-8-6-10-21-18(15)16/h3-10,13H,1-2,11-12H2,(H,22,24). The van der Waals surface area contributed by atoms with E-state index in [-0.39, 0.29) is 0 Å².